The van der Waals surface area contributed by atoms with Crippen molar-refractivity contribution in [2.24, 2.45) is 0 Å². The summed E-state index contributed by atoms with van der Waals surface area (Å²) in [6.07, 6.45) is 1.94. The first-order valence-electron chi connectivity index (χ1n) is 8.34. The van der Waals surface area contributed by atoms with Crippen molar-refractivity contribution in [3.63, 3.8) is 0 Å². The molecule has 0 aliphatic carbocycles. The zero-order valence-electron chi connectivity index (χ0n) is 14.8. The van der Waals surface area contributed by atoms with Gasteiger partial charge in [-0.1, -0.05) is 39.5 Å². The van der Waals surface area contributed by atoms with Crippen molar-refractivity contribution >= 4 is 25.3 Å². The van der Waals surface area contributed by atoms with E-state index in [1.54, 1.807) is 6.92 Å². The molecule has 1 N–H and O–H groups in total. The smallest absolute Gasteiger partial charge is 0.372 e. The van der Waals surface area contributed by atoms with Crippen LogP contribution in [0.2, 0.25) is 6.04 Å². The van der Waals surface area contributed by atoms with E-state index < -0.39 is 8.56 Å². The Balaban J connectivity index is 2.97. The Morgan fingerprint density at radius 3 is 2.00 bits per heavy atom. The van der Waals surface area contributed by atoms with Crippen LogP contribution in [0.15, 0.2) is 36.4 Å². The predicted octanol–water partition coefficient (Wildman–Crippen LogP) is 3.72. The zero-order valence-corrected chi connectivity index (χ0v) is 15.8. The first kappa shape index (κ1) is 19.6. The summed E-state index contributed by atoms with van der Waals surface area (Å²) in [6, 6.07) is 8.69. The second kappa shape index (κ2) is 9.65. The normalized spacial score (nSPS) is 11.3. The van der Waals surface area contributed by atoms with E-state index in [9.17, 15) is 4.79 Å². The molecule has 0 aliphatic heterocycles. The van der Waals surface area contributed by atoms with E-state index >= 15 is 0 Å². The molecule has 0 aromatic heterocycles. The number of rotatable bonds is 10. The lowest BCUT2D eigenvalue weighted by Gasteiger charge is -2.30. The highest BCUT2D eigenvalue weighted by Crippen LogP contribution is 2.17. The number of hydrogen-bond donors (Lipinski definition) is 1. The SMILES string of the molecule is C=C(C)C(=O)Nc1ccc([Si](CC)(OCCC)OCCC)cc1. The first-order valence-corrected chi connectivity index (χ1v) is 10.4. The van der Waals surface area contributed by atoms with Crippen LogP contribution in [0.5, 0.6) is 0 Å². The maximum atomic E-state index is 11.7. The Bertz CT molecular complexity index is 506. The topological polar surface area (TPSA) is 47.6 Å². The standard InChI is InChI=1S/C18H29NO3Si/c1-6-13-21-23(8-3,22-14-7-2)17-11-9-16(10-12-17)19-18(20)15(4)5/h9-12H,4,6-8,13-14H2,1-3,5H3,(H,19,20). The van der Waals surface area contributed by atoms with Crippen LogP contribution in [0.1, 0.15) is 40.5 Å². The second-order valence-electron chi connectivity index (χ2n) is 5.62. The zero-order chi connectivity index (χ0) is 17.3. The van der Waals surface area contributed by atoms with Gasteiger partial charge in [0, 0.05) is 24.5 Å². The molecular weight excluding hydrogens is 306 g/mol. The molecule has 0 aliphatic rings. The highest BCUT2D eigenvalue weighted by molar-refractivity contribution is 6.81. The van der Waals surface area contributed by atoms with E-state index in [2.05, 4.69) is 32.7 Å². The van der Waals surface area contributed by atoms with Crippen molar-refractivity contribution in [2.75, 3.05) is 18.5 Å². The Morgan fingerprint density at radius 2 is 1.61 bits per heavy atom. The van der Waals surface area contributed by atoms with E-state index in [4.69, 9.17) is 8.85 Å². The number of nitrogens with one attached hydrogen (secondary N) is 1. The van der Waals surface area contributed by atoms with E-state index in [0.29, 0.717) is 18.8 Å². The van der Waals surface area contributed by atoms with Gasteiger partial charge in [-0.3, -0.25) is 4.79 Å². The lowest BCUT2D eigenvalue weighted by molar-refractivity contribution is -0.112. The number of carbonyl (C=O) groups is 1. The van der Waals surface area contributed by atoms with E-state index in [1.165, 1.54) is 0 Å². The summed E-state index contributed by atoms with van der Waals surface area (Å²) >= 11 is 0. The molecule has 0 saturated heterocycles. The van der Waals surface area contributed by atoms with Gasteiger partial charge in [-0.25, -0.2) is 0 Å². The molecule has 1 amide bonds. The molecule has 1 aromatic carbocycles. The molecule has 0 bridgehead atoms. The number of amides is 1. The minimum Gasteiger partial charge on any atom is -0.391 e. The highest BCUT2D eigenvalue weighted by atomic mass is 28.4. The third-order valence-electron chi connectivity index (χ3n) is 3.51. The minimum absolute atomic E-state index is 0.166. The fourth-order valence-electron chi connectivity index (χ4n) is 2.20. The van der Waals surface area contributed by atoms with Crippen molar-refractivity contribution in [3.05, 3.63) is 36.4 Å². The molecule has 0 spiro atoms. The molecule has 4 nitrogen and oxygen atoms in total. The van der Waals surface area contributed by atoms with E-state index in [0.717, 1.165) is 29.8 Å². The summed E-state index contributed by atoms with van der Waals surface area (Å²) in [4.78, 5) is 11.7. The number of benzene rings is 1. The van der Waals surface area contributed by atoms with Gasteiger partial charge in [-0.2, -0.15) is 0 Å². The first-order chi connectivity index (χ1) is 11.0. The van der Waals surface area contributed by atoms with Crippen molar-refractivity contribution in [1.82, 2.24) is 0 Å². The van der Waals surface area contributed by atoms with Crippen molar-refractivity contribution in [3.8, 4) is 0 Å². The van der Waals surface area contributed by atoms with Crippen LogP contribution in [0.4, 0.5) is 5.69 Å². The fourth-order valence-corrected chi connectivity index (χ4v) is 5.17. The Kier molecular flexibility index (Phi) is 8.23. The third-order valence-corrected chi connectivity index (χ3v) is 7.00. The summed E-state index contributed by atoms with van der Waals surface area (Å²) in [6.45, 7) is 13.1. The van der Waals surface area contributed by atoms with Crippen LogP contribution in [0, 0.1) is 0 Å². The lowest BCUT2D eigenvalue weighted by Crippen LogP contribution is -2.53. The molecule has 0 fully saturated rings. The molecule has 0 radical (unpaired) electrons. The summed E-state index contributed by atoms with van der Waals surface area (Å²) in [5, 5.41) is 3.93. The maximum absolute atomic E-state index is 11.7. The number of carbonyl (C=O) groups excluding carboxylic acids is 1. The van der Waals surface area contributed by atoms with Crippen LogP contribution in [0.3, 0.4) is 0 Å². The molecule has 1 rings (SSSR count). The van der Waals surface area contributed by atoms with Crippen LogP contribution >= 0.6 is 0 Å². The second-order valence-corrected chi connectivity index (χ2v) is 8.98. The average molecular weight is 336 g/mol. The number of anilines is 1. The minimum atomic E-state index is -2.40. The van der Waals surface area contributed by atoms with Crippen LogP contribution in [-0.2, 0) is 13.6 Å². The predicted molar refractivity (Wildman–Crippen MR) is 98.2 cm³/mol. The van der Waals surface area contributed by atoms with Gasteiger partial charge in [0.2, 0.25) is 0 Å². The summed E-state index contributed by atoms with van der Waals surface area (Å²) in [5.41, 5.74) is 1.25. The Morgan fingerprint density at radius 1 is 1.09 bits per heavy atom. The molecular formula is C18H29NO3Si. The monoisotopic (exact) mass is 335 g/mol. The molecule has 1 aromatic rings. The van der Waals surface area contributed by atoms with Crippen molar-refractivity contribution in [2.45, 2.75) is 46.6 Å². The fraction of sp³-hybridized carbons (Fsp3) is 0.500. The van der Waals surface area contributed by atoms with Gasteiger partial charge in [0.15, 0.2) is 0 Å². The summed E-state index contributed by atoms with van der Waals surface area (Å²) in [5.74, 6) is -0.166. The van der Waals surface area contributed by atoms with Gasteiger partial charge in [-0.15, -0.1) is 0 Å². The van der Waals surface area contributed by atoms with Crippen molar-refractivity contribution in [1.29, 1.82) is 0 Å². The van der Waals surface area contributed by atoms with Gasteiger partial charge in [0.1, 0.15) is 0 Å². The number of hydrogen-bond acceptors (Lipinski definition) is 3. The molecule has 0 unspecified atom stereocenters. The van der Waals surface area contributed by atoms with Gasteiger partial charge < -0.3 is 14.2 Å². The van der Waals surface area contributed by atoms with Gasteiger partial charge in [0.25, 0.3) is 5.91 Å². The molecule has 128 valence electrons. The Hall–Kier alpha value is -1.43. The molecule has 0 saturated carbocycles. The largest absolute Gasteiger partial charge is 0.391 e. The quantitative estimate of drug-likeness (QED) is 0.523. The van der Waals surface area contributed by atoms with Crippen molar-refractivity contribution < 1.29 is 13.6 Å². The van der Waals surface area contributed by atoms with E-state index in [1.807, 2.05) is 24.3 Å². The average Bonchev–Trinajstić information content (AvgIpc) is 2.56. The van der Waals surface area contributed by atoms with Crippen LogP contribution < -0.4 is 10.5 Å². The summed E-state index contributed by atoms with van der Waals surface area (Å²) in [7, 11) is -2.40. The maximum Gasteiger partial charge on any atom is 0.372 e. The molecule has 23 heavy (non-hydrogen) atoms. The van der Waals surface area contributed by atoms with Gasteiger partial charge in [0.05, 0.1) is 0 Å². The molecule has 5 heteroatoms. The van der Waals surface area contributed by atoms with E-state index in [-0.39, 0.29) is 5.91 Å². The van der Waals surface area contributed by atoms with Gasteiger partial charge >= 0.3 is 8.56 Å². The van der Waals surface area contributed by atoms with Crippen LogP contribution in [-0.4, -0.2) is 27.7 Å². The lowest BCUT2D eigenvalue weighted by atomic mass is 10.3. The Labute approximate surface area is 141 Å². The van der Waals surface area contributed by atoms with Crippen LogP contribution in [0.25, 0.3) is 0 Å². The highest BCUT2D eigenvalue weighted by Gasteiger charge is 2.38. The molecule has 0 heterocycles. The summed E-state index contributed by atoms with van der Waals surface area (Å²) < 4.78 is 12.4. The van der Waals surface area contributed by atoms with Gasteiger partial charge in [-0.05, 0) is 43.1 Å². The third kappa shape index (κ3) is 5.60. The molecule has 0 atom stereocenters.